The van der Waals surface area contributed by atoms with Gasteiger partial charge in [-0.25, -0.2) is 0 Å². The summed E-state index contributed by atoms with van der Waals surface area (Å²) >= 11 is 1.24. The zero-order valence-corrected chi connectivity index (χ0v) is 12.8. The molecule has 2 fully saturated rings. The number of rotatable bonds is 3. The van der Waals surface area contributed by atoms with Crippen LogP contribution in [0.3, 0.4) is 0 Å². The molecule has 1 aromatic rings. The maximum atomic E-state index is 12.4. The molecule has 1 aromatic heterocycles. The first-order chi connectivity index (χ1) is 10.1. The maximum Gasteiger partial charge on any atom is 0.264 e. The Hall–Kier alpha value is -1.69. The largest absolute Gasteiger partial charge is 0.339 e. The van der Waals surface area contributed by atoms with Gasteiger partial charge in [-0.15, -0.1) is 11.3 Å². The van der Waals surface area contributed by atoms with E-state index in [4.69, 9.17) is 0 Å². The van der Waals surface area contributed by atoms with Gasteiger partial charge in [0.05, 0.1) is 9.75 Å². The van der Waals surface area contributed by atoms with E-state index in [1.165, 1.54) is 18.3 Å². The maximum absolute atomic E-state index is 12.4. The molecule has 0 radical (unpaired) electrons. The number of nitrogens with zero attached hydrogens (tertiary/aromatic N) is 2. The van der Waals surface area contributed by atoms with Crippen molar-refractivity contribution < 1.29 is 14.4 Å². The van der Waals surface area contributed by atoms with Gasteiger partial charge in [-0.1, -0.05) is 0 Å². The number of hydrogen-bond acceptors (Lipinski definition) is 4. The number of Topliss-reactive ketones (excluding diaryl/α,β-unsaturated/α-hetero) is 1. The van der Waals surface area contributed by atoms with E-state index in [2.05, 4.69) is 0 Å². The predicted octanol–water partition coefficient (Wildman–Crippen LogP) is 1.65. The highest BCUT2D eigenvalue weighted by Gasteiger charge is 2.35. The van der Waals surface area contributed by atoms with Gasteiger partial charge < -0.3 is 9.80 Å². The van der Waals surface area contributed by atoms with Crippen molar-refractivity contribution >= 4 is 28.9 Å². The molecule has 112 valence electrons. The van der Waals surface area contributed by atoms with E-state index in [1.807, 2.05) is 4.90 Å². The van der Waals surface area contributed by atoms with Crippen LogP contribution in [0.1, 0.15) is 39.1 Å². The Balaban J connectivity index is 1.59. The van der Waals surface area contributed by atoms with Crippen molar-refractivity contribution in [1.82, 2.24) is 9.80 Å². The topological polar surface area (TPSA) is 57.7 Å². The lowest BCUT2D eigenvalue weighted by Crippen LogP contribution is -2.50. The Morgan fingerprint density at radius 1 is 1.00 bits per heavy atom. The smallest absolute Gasteiger partial charge is 0.264 e. The Labute approximate surface area is 127 Å². The van der Waals surface area contributed by atoms with Crippen molar-refractivity contribution in [3.63, 3.8) is 0 Å². The molecule has 1 aliphatic heterocycles. The summed E-state index contributed by atoms with van der Waals surface area (Å²) in [6.45, 7) is 3.88. The van der Waals surface area contributed by atoms with Crippen LogP contribution in [0.5, 0.6) is 0 Å². The Kier molecular flexibility index (Phi) is 3.80. The first-order valence-electron chi connectivity index (χ1n) is 7.25. The molecule has 21 heavy (non-hydrogen) atoms. The Bertz CT molecular complexity index is 583. The molecule has 1 saturated heterocycles. The second kappa shape index (κ2) is 5.60. The molecule has 1 aliphatic carbocycles. The lowest BCUT2D eigenvalue weighted by Gasteiger charge is -2.34. The number of carbonyl (C=O) groups excluding carboxylic acids is 3. The number of piperazine rings is 1. The zero-order valence-electron chi connectivity index (χ0n) is 12.0. The molecule has 3 rings (SSSR count). The zero-order chi connectivity index (χ0) is 15.0. The van der Waals surface area contributed by atoms with Gasteiger partial charge >= 0.3 is 0 Å². The molecular formula is C15H18N2O3S. The van der Waals surface area contributed by atoms with E-state index >= 15 is 0 Å². The highest BCUT2D eigenvalue weighted by Crippen LogP contribution is 2.31. The van der Waals surface area contributed by atoms with Gasteiger partial charge in [-0.05, 0) is 31.9 Å². The standard InChI is InChI=1S/C15H18N2O3S/c1-10(18)12-4-5-13(21-12)15(20)17-8-6-16(7-9-17)14(19)11-2-3-11/h4-5,11H,2-3,6-9H2,1H3. The fraction of sp³-hybridized carbons (Fsp3) is 0.533. The first kappa shape index (κ1) is 14.3. The molecule has 0 atom stereocenters. The molecule has 0 aromatic carbocycles. The molecule has 0 unspecified atom stereocenters. The number of hydrogen-bond donors (Lipinski definition) is 0. The van der Waals surface area contributed by atoms with Crippen LogP contribution < -0.4 is 0 Å². The minimum Gasteiger partial charge on any atom is -0.339 e. The fourth-order valence-electron chi connectivity index (χ4n) is 2.52. The molecule has 0 spiro atoms. The summed E-state index contributed by atoms with van der Waals surface area (Å²) < 4.78 is 0. The molecule has 0 N–H and O–H groups in total. The van der Waals surface area contributed by atoms with Gasteiger partial charge in [0.2, 0.25) is 5.91 Å². The second-order valence-corrected chi connectivity index (χ2v) is 6.70. The lowest BCUT2D eigenvalue weighted by molar-refractivity contribution is -0.134. The monoisotopic (exact) mass is 306 g/mol. The van der Waals surface area contributed by atoms with Gasteiger partial charge in [-0.2, -0.15) is 0 Å². The van der Waals surface area contributed by atoms with Crippen LogP contribution in [0.15, 0.2) is 12.1 Å². The lowest BCUT2D eigenvalue weighted by atomic mass is 10.2. The van der Waals surface area contributed by atoms with Crippen LogP contribution in [0.4, 0.5) is 0 Å². The van der Waals surface area contributed by atoms with Crippen molar-refractivity contribution in [2.24, 2.45) is 5.92 Å². The van der Waals surface area contributed by atoms with Gasteiger partial charge in [0, 0.05) is 32.1 Å². The highest BCUT2D eigenvalue weighted by atomic mass is 32.1. The Morgan fingerprint density at radius 3 is 2.10 bits per heavy atom. The minimum absolute atomic E-state index is 0.0149. The SMILES string of the molecule is CC(=O)c1ccc(C(=O)N2CCN(C(=O)C3CC3)CC2)s1. The van der Waals surface area contributed by atoms with E-state index in [-0.39, 0.29) is 23.5 Å². The van der Waals surface area contributed by atoms with E-state index in [0.717, 1.165) is 12.8 Å². The first-order valence-corrected chi connectivity index (χ1v) is 8.07. The number of carbonyl (C=O) groups is 3. The van der Waals surface area contributed by atoms with Crippen molar-refractivity contribution in [3.8, 4) is 0 Å². The van der Waals surface area contributed by atoms with Crippen LogP contribution in [0.2, 0.25) is 0 Å². The van der Waals surface area contributed by atoms with Crippen LogP contribution >= 0.6 is 11.3 Å². The van der Waals surface area contributed by atoms with Crippen molar-refractivity contribution in [2.75, 3.05) is 26.2 Å². The summed E-state index contributed by atoms with van der Waals surface area (Å²) in [5.41, 5.74) is 0. The third-order valence-corrected chi connectivity index (χ3v) is 5.14. The van der Waals surface area contributed by atoms with Gasteiger partial charge in [0.25, 0.3) is 5.91 Å². The summed E-state index contributed by atoms with van der Waals surface area (Å²) in [7, 11) is 0. The molecule has 1 saturated carbocycles. The number of ketones is 1. The number of thiophene rings is 1. The number of amides is 2. The van der Waals surface area contributed by atoms with Crippen LogP contribution in [0, 0.1) is 5.92 Å². The van der Waals surface area contributed by atoms with E-state index in [1.54, 1.807) is 17.0 Å². The van der Waals surface area contributed by atoms with Crippen LogP contribution in [0.25, 0.3) is 0 Å². The quantitative estimate of drug-likeness (QED) is 0.798. The van der Waals surface area contributed by atoms with E-state index < -0.39 is 0 Å². The van der Waals surface area contributed by atoms with Crippen LogP contribution in [-0.2, 0) is 4.79 Å². The van der Waals surface area contributed by atoms with Crippen molar-refractivity contribution in [2.45, 2.75) is 19.8 Å². The van der Waals surface area contributed by atoms with E-state index in [9.17, 15) is 14.4 Å². The fourth-order valence-corrected chi connectivity index (χ4v) is 3.39. The average Bonchev–Trinajstić information content (AvgIpc) is 3.22. The summed E-state index contributed by atoms with van der Waals surface area (Å²) in [5, 5.41) is 0. The second-order valence-electron chi connectivity index (χ2n) is 5.61. The molecule has 2 amide bonds. The summed E-state index contributed by atoms with van der Waals surface area (Å²) in [4.78, 5) is 40.5. The molecule has 0 bridgehead atoms. The third kappa shape index (κ3) is 3.00. The van der Waals surface area contributed by atoms with Crippen molar-refractivity contribution in [1.29, 1.82) is 0 Å². The molecule has 5 nitrogen and oxygen atoms in total. The molecule has 2 aliphatic rings. The third-order valence-electron chi connectivity index (χ3n) is 3.97. The molecule has 2 heterocycles. The summed E-state index contributed by atoms with van der Waals surface area (Å²) in [5.74, 6) is 0.435. The van der Waals surface area contributed by atoms with Gasteiger partial charge in [0.15, 0.2) is 5.78 Å². The predicted molar refractivity (Wildman–Crippen MR) is 79.5 cm³/mol. The molecular weight excluding hydrogens is 288 g/mol. The van der Waals surface area contributed by atoms with Gasteiger partial charge in [-0.3, -0.25) is 14.4 Å². The van der Waals surface area contributed by atoms with E-state index in [0.29, 0.717) is 35.9 Å². The highest BCUT2D eigenvalue weighted by molar-refractivity contribution is 7.15. The molecule has 6 heteroatoms. The minimum atomic E-state index is -0.0361. The Morgan fingerprint density at radius 2 is 1.57 bits per heavy atom. The summed E-state index contributed by atoms with van der Waals surface area (Å²) in [6.07, 6.45) is 2.03. The van der Waals surface area contributed by atoms with Crippen LogP contribution in [-0.4, -0.2) is 53.6 Å². The average molecular weight is 306 g/mol. The van der Waals surface area contributed by atoms with Gasteiger partial charge in [0.1, 0.15) is 0 Å². The normalized spacial score (nSPS) is 18.7. The van der Waals surface area contributed by atoms with Crippen molar-refractivity contribution in [3.05, 3.63) is 21.9 Å². The summed E-state index contributed by atoms with van der Waals surface area (Å²) in [6, 6.07) is 3.42.